The minimum atomic E-state index is -0.425. The Labute approximate surface area is 146 Å². The van der Waals surface area contributed by atoms with Gasteiger partial charge in [0.05, 0.1) is 18.1 Å². The lowest BCUT2D eigenvalue weighted by Gasteiger charge is -2.06. The zero-order valence-corrected chi connectivity index (χ0v) is 14.9. The van der Waals surface area contributed by atoms with Gasteiger partial charge in [-0.2, -0.15) is 0 Å². The molecular weight excluding hydrogens is 354 g/mol. The molecule has 0 aromatic carbocycles. The van der Waals surface area contributed by atoms with Crippen LogP contribution in [-0.2, 0) is 20.9 Å². The lowest BCUT2D eigenvalue weighted by atomic mass is 10.5. The van der Waals surface area contributed by atoms with E-state index in [-0.39, 0.29) is 28.9 Å². The number of esters is 1. The highest BCUT2D eigenvalue weighted by atomic mass is 32.2. The third-order valence-electron chi connectivity index (χ3n) is 2.90. The Morgan fingerprint density at radius 2 is 2.21 bits per heavy atom. The summed E-state index contributed by atoms with van der Waals surface area (Å²) in [6.07, 6.45) is 0. The van der Waals surface area contributed by atoms with Crippen molar-refractivity contribution >= 4 is 40.8 Å². The first-order valence-electron chi connectivity index (χ1n) is 7.07. The van der Waals surface area contributed by atoms with Crippen LogP contribution in [0.2, 0.25) is 0 Å². The number of nitrogens with zero attached hydrogens (tertiary/aromatic N) is 2. The Balaban J connectivity index is 1.61. The Morgan fingerprint density at radius 1 is 1.42 bits per heavy atom. The number of hydrogen-bond acceptors (Lipinski definition) is 8. The Kier molecular flexibility index (Phi) is 6.62. The zero-order valence-electron chi connectivity index (χ0n) is 13.2. The van der Waals surface area contributed by atoms with Crippen LogP contribution in [0.3, 0.4) is 0 Å². The van der Waals surface area contributed by atoms with Gasteiger partial charge in [-0.1, -0.05) is 16.5 Å². The molecule has 0 aliphatic rings. The summed E-state index contributed by atoms with van der Waals surface area (Å²) in [5, 5.41) is 7.96. The van der Waals surface area contributed by atoms with Gasteiger partial charge in [-0.3, -0.25) is 19.0 Å². The maximum Gasteiger partial charge on any atom is 0.315 e. The molecule has 0 bridgehead atoms. The number of amides is 1. The highest BCUT2D eigenvalue weighted by Crippen LogP contribution is 2.08. The molecule has 0 fully saturated rings. The molecule has 0 saturated heterocycles. The van der Waals surface area contributed by atoms with Crippen LogP contribution in [0.4, 0.5) is 5.82 Å². The molecule has 0 spiro atoms. The van der Waals surface area contributed by atoms with E-state index in [1.165, 1.54) is 0 Å². The highest BCUT2D eigenvalue weighted by Gasteiger charge is 2.09. The number of thioether (sulfide) groups is 1. The highest BCUT2D eigenvalue weighted by molar-refractivity contribution is 8.00. The third kappa shape index (κ3) is 5.53. The molecule has 130 valence electrons. The van der Waals surface area contributed by atoms with Crippen LogP contribution in [0, 0.1) is 13.8 Å². The average Bonchev–Trinajstić information content (AvgIpc) is 3.06. The molecule has 0 radical (unpaired) electrons. The summed E-state index contributed by atoms with van der Waals surface area (Å²) in [5.41, 5.74) is 0.843. The Morgan fingerprint density at radius 3 is 2.83 bits per heavy atom. The maximum absolute atomic E-state index is 11.6. The largest absolute Gasteiger partial charge is 0.463 e. The van der Waals surface area contributed by atoms with Crippen LogP contribution in [-0.4, -0.2) is 39.7 Å². The van der Waals surface area contributed by atoms with Crippen molar-refractivity contribution in [3.05, 3.63) is 32.6 Å². The number of carbonyl (C=O) groups excluding carboxylic acids is 2. The summed E-state index contributed by atoms with van der Waals surface area (Å²) in [6.45, 7) is 4.00. The molecule has 2 rings (SSSR count). The summed E-state index contributed by atoms with van der Waals surface area (Å²) in [4.78, 5) is 34.7. The number of nitrogens with one attached hydrogen (secondary N) is 1. The normalized spacial score (nSPS) is 10.6. The van der Waals surface area contributed by atoms with E-state index in [2.05, 4.69) is 10.5 Å². The van der Waals surface area contributed by atoms with Gasteiger partial charge in [0.2, 0.25) is 5.91 Å². The van der Waals surface area contributed by atoms with E-state index in [0.717, 1.165) is 28.8 Å². The van der Waals surface area contributed by atoms with Crippen molar-refractivity contribution in [1.29, 1.82) is 0 Å². The topological polar surface area (TPSA) is 103 Å². The second-order valence-electron chi connectivity index (χ2n) is 4.88. The fourth-order valence-electron chi connectivity index (χ4n) is 1.80. The van der Waals surface area contributed by atoms with E-state index in [0.29, 0.717) is 18.1 Å². The Hall–Kier alpha value is -2.07. The van der Waals surface area contributed by atoms with E-state index >= 15 is 0 Å². The van der Waals surface area contributed by atoms with Gasteiger partial charge in [0, 0.05) is 17.1 Å². The van der Waals surface area contributed by atoms with Crippen LogP contribution < -0.4 is 10.2 Å². The SMILES string of the molecule is Cc1cc(NC(=O)CSCC(=O)OCCn2c(C)csc2=O)no1. The van der Waals surface area contributed by atoms with Gasteiger partial charge in [0.15, 0.2) is 5.82 Å². The van der Waals surface area contributed by atoms with Crippen LogP contribution in [0.25, 0.3) is 0 Å². The van der Waals surface area contributed by atoms with Gasteiger partial charge in [-0.05, 0) is 13.8 Å². The van der Waals surface area contributed by atoms with Gasteiger partial charge in [0.1, 0.15) is 12.4 Å². The molecule has 8 nitrogen and oxygen atoms in total. The van der Waals surface area contributed by atoms with E-state index in [4.69, 9.17) is 9.26 Å². The van der Waals surface area contributed by atoms with Crippen molar-refractivity contribution in [1.82, 2.24) is 9.72 Å². The van der Waals surface area contributed by atoms with Crippen molar-refractivity contribution in [2.45, 2.75) is 20.4 Å². The van der Waals surface area contributed by atoms with Gasteiger partial charge < -0.3 is 14.6 Å². The third-order valence-corrected chi connectivity index (χ3v) is 4.69. The number of thiazole rings is 1. The van der Waals surface area contributed by atoms with Crippen LogP contribution in [0.5, 0.6) is 0 Å². The van der Waals surface area contributed by atoms with Crippen molar-refractivity contribution in [3.8, 4) is 0 Å². The molecule has 1 amide bonds. The number of aryl methyl sites for hydroxylation is 2. The zero-order chi connectivity index (χ0) is 17.5. The number of ether oxygens (including phenoxy) is 1. The number of rotatable bonds is 8. The predicted octanol–water partition coefficient (Wildman–Crippen LogP) is 1.43. The second kappa shape index (κ2) is 8.69. The van der Waals surface area contributed by atoms with Gasteiger partial charge in [-0.15, -0.1) is 11.8 Å². The quantitative estimate of drug-likeness (QED) is 0.700. The molecule has 0 unspecified atom stereocenters. The number of carbonyl (C=O) groups is 2. The molecular formula is C14H17N3O5S2. The number of aromatic nitrogens is 2. The van der Waals surface area contributed by atoms with E-state index < -0.39 is 5.97 Å². The number of hydrogen-bond donors (Lipinski definition) is 1. The molecule has 0 atom stereocenters. The summed E-state index contributed by atoms with van der Waals surface area (Å²) >= 11 is 2.25. The van der Waals surface area contributed by atoms with Gasteiger partial charge >= 0.3 is 10.8 Å². The standard InChI is InChI=1S/C14H17N3O5S2/c1-9-6-24-14(20)17(9)3-4-21-13(19)8-23-7-12(18)15-11-5-10(2)22-16-11/h5-6H,3-4,7-8H2,1-2H3,(H,15,16,18). The first-order valence-corrected chi connectivity index (χ1v) is 9.10. The minimum absolute atomic E-state index is 0.0583. The van der Waals surface area contributed by atoms with Gasteiger partial charge in [-0.25, -0.2) is 0 Å². The van der Waals surface area contributed by atoms with E-state index in [1.54, 1.807) is 22.9 Å². The fraction of sp³-hybridized carbons (Fsp3) is 0.429. The smallest absolute Gasteiger partial charge is 0.315 e. The predicted molar refractivity (Wildman–Crippen MR) is 91.5 cm³/mol. The average molecular weight is 371 g/mol. The summed E-state index contributed by atoms with van der Waals surface area (Å²) in [7, 11) is 0. The van der Waals surface area contributed by atoms with E-state index in [9.17, 15) is 14.4 Å². The van der Waals surface area contributed by atoms with E-state index in [1.807, 2.05) is 6.92 Å². The van der Waals surface area contributed by atoms with Crippen LogP contribution in [0.15, 0.2) is 20.8 Å². The maximum atomic E-state index is 11.6. The molecule has 0 aliphatic carbocycles. The van der Waals surface area contributed by atoms with Crippen LogP contribution >= 0.6 is 23.1 Å². The molecule has 1 N–H and O–H groups in total. The summed E-state index contributed by atoms with van der Waals surface area (Å²) in [6, 6.07) is 1.60. The second-order valence-corrected chi connectivity index (χ2v) is 6.69. The van der Waals surface area contributed by atoms with Gasteiger partial charge in [0.25, 0.3) is 0 Å². The Bertz CT molecular complexity index is 765. The number of anilines is 1. The van der Waals surface area contributed by atoms with Crippen molar-refractivity contribution in [3.63, 3.8) is 0 Å². The van der Waals surface area contributed by atoms with Crippen molar-refractivity contribution in [2.24, 2.45) is 0 Å². The van der Waals surface area contributed by atoms with Crippen molar-refractivity contribution < 1.29 is 18.8 Å². The summed E-state index contributed by atoms with van der Waals surface area (Å²) < 4.78 is 11.4. The monoisotopic (exact) mass is 371 g/mol. The first kappa shape index (κ1) is 18.3. The molecule has 2 heterocycles. The first-order chi connectivity index (χ1) is 11.5. The molecule has 2 aromatic heterocycles. The minimum Gasteiger partial charge on any atom is -0.463 e. The molecule has 0 aliphatic heterocycles. The van der Waals surface area contributed by atoms with Crippen molar-refractivity contribution in [2.75, 3.05) is 23.4 Å². The molecule has 0 saturated carbocycles. The lowest BCUT2D eigenvalue weighted by molar-refractivity contribution is -0.140. The lowest BCUT2D eigenvalue weighted by Crippen LogP contribution is -2.20. The molecule has 24 heavy (non-hydrogen) atoms. The fourth-order valence-corrected chi connectivity index (χ4v) is 3.17. The molecule has 2 aromatic rings. The molecule has 10 heteroatoms. The van der Waals surface area contributed by atoms with Crippen LogP contribution in [0.1, 0.15) is 11.5 Å². The summed E-state index contributed by atoms with van der Waals surface area (Å²) in [5.74, 6) is 0.402.